The van der Waals surface area contributed by atoms with Crippen LogP contribution in [-0.4, -0.2) is 32.7 Å². The Morgan fingerprint density at radius 1 is 1.34 bits per heavy atom. The van der Waals surface area contributed by atoms with Gasteiger partial charge in [-0.2, -0.15) is 10.4 Å². The number of nitrogens with zero attached hydrogens (tertiary/aromatic N) is 4. The van der Waals surface area contributed by atoms with Crippen molar-refractivity contribution in [1.29, 1.82) is 5.26 Å². The Balaban J connectivity index is 1.40. The molecule has 3 atom stereocenters. The summed E-state index contributed by atoms with van der Waals surface area (Å²) in [6.07, 6.45) is 4.89. The van der Waals surface area contributed by atoms with Gasteiger partial charge in [0.15, 0.2) is 0 Å². The quantitative estimate of drug-likeness (QED) is 0.781. The van der Waals surface area contributed by atoms with Crippen LogP contribution in [0.15, 0.2) is 18.2 Å². The van der Waals surface area contributed by atoms with Gasteiger partial charge in [-0.3, -0.25) is 9.48 Å². The highest BCUT2D eigenvalue weighted by atomic mass is 19.1. The van der Waals surface area contributed by atoms with Gasteiger partial charge in [-0.25, -0.2) is 4.39 Å². The smallest absolute Gasteiger partial charge is 0.223 e. The maximum atomic E-state index is 14.5. The van der Waals surface area contributed by atoms with Crippen LogP contribution in [-0.2, 0) is 11.8 Å². The van der Waals surface area contributed by atoms with Gasteiger partial charge < -0.3 is 4.90 Å². The number of aryl methyl sites for hydroxylation is 1. The van der Waals surface area contributed by atoms with Crippen molar-refractivity contribution in [2.45, 2.75) is 70.4 Å². The van der Waals surface area contributed by atoms with E-state index in [1.165, 1.54) is 6.07 Å². The fourth-order valence-corrected chi connectivity index (χ4v) is 6.80. The number of halogens is 1. The number of nitriles is 1. The Bertz CT molecular complexity index is 1040. The highest BCUT2D eigenvalue weighted by Crippen LogP contribution is 2.61. The number of hydrogen-bond acceptors (Lipinski definition) is 3. The second kappa shape index (κ2) is 6.04. The molecule has 2 aliphatic heterocycles. The molecular formula is C23H27FN4O. The monoisotopic (exact) mass is 394 g/mol. The number of piperidine rings is 2. The zero-order valence-electron chi connectivity index (χ0n) is 17.3. The van der Waals surface area contributed by atoms with Crippen LogP contribution in [0.2, 0.25) is 0 Å². The molecule has 2 saturated heterocycles. The van der Waals surface area contributed by atoms with E-state index in [0.717, 1.165) is 37.6 Å². The predicted molar refractivity (Wildman–Crippen MR) is 107 cm³/mol. The molecular weight excluding hydrogens is 367 g/mol. The molecule has 2 aliphatic carbocycles. The first-order valence-corrected chi connectivity index (χ1v) is 10.6. The Morgan fingerprint density at radius 3 is 2.69 bits per heavy atom. The molecule has 29 heavy (non-hydrogen) atoms. The van der Waals surface area contributed by atoms with E-state index in [2.05, 4.69) is 23.0 Å². The standard InChI is InChI=1S/C23H27FN4O/c1-14(21-20-17(24)5-4-6-18(20)27(3)26-21)7-19(29)28-15-8-22(2)9-16(28)11-23(10-15,12-22)13-25/h4-6,14-16H,7-12H2,1-3H3. The van der Waals surface area contributed by atoms with Gasteiger partial charge >= 0.3 is 0 Å². The van der Waals surface area contributed by atoms with E-state index in [1.54, 1.807) is 10.7 Å². The fourth-order valence-electron chi connectivity index (χ4n) is 6.80. The molecule has 1 amide bonds. The molecule has 4 aliphatic rings. The van der Waals surface area contributed by atoms with Gasteiger partial charge in [0.25, 0.3) is 0 Å². The van der Waals surface area contributed by atoms with Crippen LogP contribution in [0.4, 0.5) is 4.39 Å². The molecule has 0 N–H and O–H groups in total. The molecule has 6 heteroatoms. The molecule has 4 fully saturated rings. The minimum Gasteiger partial charge on any atom is -0.337 e. The van der Waals surface area contributed by atoms with Crippen molar-refractivity contribution in [2.24, 2.45) is 17.9 Å². The van der Waals surface area contributed by atoms with E-state index in [0.29, 0.717) is 17.5 Å². The van der Waals surface area contributed by atoms with Gasteiger partial charge in [0, 0.05) is 31.5 Å². The topological polar surface area (TPSA) is 61.9 Å². The first-order chi connectivity index (χ1) is 13.7. The lowest BCUT2D eigenvalue weighted by Gasteiger charge is -2.63. The molecule has 0 radical (unpaired) electrons. The van der Waals surface area contributed by atoms with Crippen LogP contribution in [0.25, 0.3) is 10.9 Å². The number of aromatic nitrogens is 2. The highest BCUT2D eigenvalue weighted by Gasteiger charge is 2.60. The van der Waals surface area contributed by atoms with Crippen LogP contribution < -0.4 is 0 Å². The average Bonchev–Trinajstić information content (AvgIpc) is 2.98. The van der Waals surface area contributed by atoms with Crippen LogP contribution in [0.1, 0.15) is 64.0 Å². The summed E-state index contributed by atoms with van der Waals surface area (Å²) in [5.74, 6) is -0.331. The third kappa shape index (κ3) is 2.70. The number of benzene rings is 1. The number of hydrogen-bond donors (Lipinski definition) is 0. The molecule has 152 valence electrons. The van der Waals surface area contributed by atoms with Gasteiger partial charge in [0.2, 0.25) is 5.91 Å². The van der Waals surface area contributed by atoms with Crippen molar-refractivity contribution in [3.05, 3.63) is 29.7 Å². The van der Waals surface area contributed by atoms with Gasteiger partial charge in [0.05, 0.1) is 28.1 Å². The molecule has 3 unspecified atom stereocenters. The van der Waals surface area contributed by atoms with Crippen LogP contribution in [0.5, 0.6) is 0 Å². The first-order valence-electron chi connectivity index (χ1n) is 10.6. The summed E-state index contributed by atoms with van der Waals surface area (Å²) in [5.41, 5.74) is 1.34. The number of carbonyl (C=O) groups is 1. The maximum Gasteiger partial charge on any atom is 0.223 e. The second-order valence-corrected chi connectivity index (χ2v) is 10.1. The van der Waals surface area contributed by atoms with Crippen molar-refractivity contribution in [3.8, 4) is 6.07 Å². The van der Waals surface area contributed by atoms with Crippen molar-refractivity contribution in [3.63, 3.8) is 0 Å². The minimum atomic E-state index is -0.288. The second-order valence-electron chi connectivity index (χ2n) is 10.1. The van der Waals surface area contributed by atoms with Crippen molar-refractivity contribution in [2.75, 3.05) is 0 Å². The summed E-state index contributed by atoms with van der Waals surface area (Å²) in [7, 11) is 1.81. The molecule has 6 rings (SSSR count). The number of carbonyl (C=O) groups excluding carboxylic acids is 1. The zero-order chi connectivity index (χ0) is 20.6. The summed E-state index contributed by atoms with van der Waals surface area (Å²) < 4.78 is 16.2. The summed E-state index contributed by atoms with van der Waals surface area (Å²) >= 11 is 0. The van der Waals surface area contributed by atoms with E-state index in [9.17, 15) is 14.4 Å². The minimum absolute atomic E-state index is 0.123. The number of fused-ring (bicyclic) bond motifs is 1. The molecule has 5 nitrogen and oxygen atoms in total. The zero-order valence-corrected chi connectivity index (χ0v) is 17.3. The van der Waals surface area contributed by atoms with E-state index in [1.807, 2.05) is 20.0 Å². The molecule has 0 spiro atoms. The summed E-state index contributed by atoms with van der Waals surface area (Å²) in [5, 5.41) is 14.9. The molecule has 1 aromatic carbocycles. The van der Waals surface area contributed by atoms with Crippen molar-refractivity contribution in [1.82, 2.24) is 14.7 Å². The van der Waals surface area contributed by atoms with Crippen LogP contribution >= 0.6 is 0 Å². The Hall–Kier alpha value is -2.42. The lowest BCUT2D eigenvalue weighted by molar-refractivity contribution is -0.163. The van der Waals surface area contributed by atoms with Gasteiger partial charge in [-0.1, -0.05) is 19.9 Å². The molecule has 1 aromatic heterocycles. The van der Waals surface area contributed by atoms with E-state index < -0.39 is 0 Å². The number of rotatable bonds is 3. The largest absolute Gasteiger partial charge is 0.337 e. The van der Waals surface area contributed by atoms with Crippen molar-refractivity contribution >= 4 is 16.8 Å². The SMILES string of the molecule is CC(CC(=O)N1C2CC3(C)CC1CC(C#N)(C2)C3)c1nn(C)c2cccc(F)c12. The lowest BCUT2D eigenvalue weighted by Crippen LogP contribution is -2.65. The van der Waals surface area contributed by atoms with E-state index in [4.69, 9.17) is 0 Å². The first kappa shape index (κ1) is 18.6. The normalized spacial score (nSPS) is 33.8. The van der Waals surface area contributed by atoms with Crippen LogP contribution in [0, 0.1) is 28.0 Å². The fraction of sp³-hybridized carbons (Fsp3) is 0.609. The third-order valence-electron chi connectivity index (χ3n) is 7.59. The summed E-state index contributed by atoms with van der Waals surface area (Å²) in [6, 6.07) is 7.92. The number of amides is 1. The van der Waals surface area contributed by atoms with E-state index in [-0.39, 0.29) is 40.6 Å². The van der Waals surface area contributed by atoms with Crippen molar-refractivity contribution < 1.29 is 9.18 Å². The Labute approximate surface area is 170 Å². The van der Waals surface area contributed by atoms with Gasteiger partial charge in [0.1, 0.15) is 5.82 Å². The third-order valence-corrected chi connectivity index (χ3v) is 7.59. The summed E-state index contributed by atoms with van der Waals surface area (Å²) in [4.78, 5) is 15.4. The summed E-state index contributed by atoms with van der Waals surface area (Å²) in [6.45, 7) is 4.24. The molecule has 4 bridgehead atoms. The lowest BCUT2D eigenvalue weighted by atomic mass is 9.50. The molecule has 3 heterocycles. The predicted octanol–water partition coefficient (Wildman–Crippen LogP) is 4.28. The van der Waals surface area contributed by atoms with Gasteiger partial charge in [-0.15, -0.1) is 0 Å². The molecule has 2 aromatic rings. The highest BCUT2D eigenvalue weighted by molar-refractivity contribution is 5.84. The maximum absolute atomic E-state index is 14.5. The van der Waals surface area contributed by atoms with Crippen LogP contribution in [0.3, 0.4) is 0 Å². The van der Waals surface area contributed by atoms with E-state index >= 15 is 0 Å². The van der Waals surface area contributed by atoms with Gasteiger partial charge in [-0.05, 0) is 49.7 Å². The average molecular weight is 394 g/mol. The Kier molecular flexibility index (Phi) is 3.87. The molecule has 2 saturated carbocycles. The Morgan fingerprint density at radius 2 is 2.03 bits per heavy atom.